The second-order valence-corrected chi connectivity index (χ2v) is 8.02. The number of benzene rings is 1. The molecule has 0 aliphatic rings. The zero-order valence-electron chi connectivity index (χ0n) is 13.8. The van der Waals surface area contributed by atoms with E-state index < -0.39 is 15.9 Å². The van der Waals surface area contributed by atoms with Gasteiger partial charge in [0.05, 0.1) is 21.6 Å². The molecule has 0 fully saturated rings. The van der Waals surface area contributed by atoms with Crippen LogP contribution in [0.3, 0.4) is 0 Å². The third-order valence-electron chi connectivity index (χ3n) is 3.02. The van der Waals surface area contributed by atoms with Crippen molar-refractivity contribution in [1.29, 1.82) is 0 Å². The third kappa shape index (κ3) is 5.76. The fraction of sp³-hybridized carbons (Fsp3) is 0.533. The highest BCUT2D eigenvalue weighted by Gasteiger charge is 2.20. The first-order valence-electron chi connectivity index (χ1n) is 7.28. The smallest absolute Gasteiger partial charge is 0.252 e. The van der Waals surface area contributed by atoms with Crippen molar-refractivity contribution >= 4 is 27.5 Å². The van der Waals surface area contributed by atoms with E-state index in [1.807, 2.05) is 13.8 Å². The van der Waals surface area contributed by atoms with E-state index in [4.69, 9.17) is 16.3 Å². The summed E-state index contributed by atoms with van der Waals surface area (Å²) in [6.45, 7) is 4.84. The summed E-state index contributed by atoms with van der Waals surface area (Å²) in [6, 6.07) is 4.08. The van der Waals surface area contributed by atoms with Crippen molar-refractivity contribution < 1.29 is 17.9 Å². The molecule has 0 atom stereocenters. The summed E-state index contributed by atoms with van der Waals surface area (Å²) in [5.41, 5.74) is 0.138. The van der Waals surface area contributed by atoms with E-state index in [9.17, 15) is 13.2 Å². The summed E-state index contributed by atoms with van der Waals surface area (Å²) >= 11 is 6.01. The predicted molar refractivity (Wildman–Crippen MR) is 90.4 cm³/mol. The summed E-state index contributed by atoms with van der Waals surface area (Å²) in [4.78, 5) is 12.2. The van der Waals surface area contributed by atoms with E-state index in [0.29, 0.717) is 19.6 Å². The van der Waals surface area contributed by atoms with Crippen molar-refractivity contribution in [1.82, 2.24) is 9.62 Å². The molecule has 0 saturated heterocycles. The largest absolute Gasteiger partial charge is 0.379 e. The Balaban J connectivity index is 2.78. The quantitative estimate of drug-likeness (QED) is 0.719. The van der Waals surface area contributed by atoms with Gasteiger partial charge in [-0.3, -0.25) is 4.79 Å². The van der Waals surface area contributed by atoms with Crippen molar-refractivity contribution in [2.45, 2.75) is 31.3 Å². The highest BCUT2D eigenvalue weighted by molar-refractivity contribution is 7.89. The molecule has 1 N–H and O–H groups in total. The molecule has 0 bridgehead atoms. The van der Waals surface area contributed by atoms with E-state index >= 15 is 0 Å². The molecule has 0 heterocycles. The lowest BCUT2D eigenvalue weighted by Crippen LogP contribution is -2.27. The number of nitrogens with zero attached hydrogens (tertiary/aromatic N) is 1. The van der Waals surface area contributed by atoms with Gasteiger partial charge in [-0.1, -0.05) is 11.6 Å². The van der Waals surface area contributed by atoms with Crippen LogP contribution in [-0.4, -0.2) is 52.0 Å². The molecule has 0 spiro atoms. The van der Waals surface area contributed by atoms with Gasteiger partial charge in [-0.25, -0.2) is 12.7 Å². The second-order valence-electron chi connectivity index (χ2n) is 5.46. The Hall–Kier alpha value is -1.15. The van der Waals surface area contributed by atoms with Crippen LogP contribution in [0.2, 0.25) is 5.02 Å². The summed E-state index contributed by atoms with van der Waals surface area (Å²) in [7, 11) is -0.756. The van der Waals surface area contributed by atoms with Gasteiger partial charge in [0.1, 0.15) is 0 Å². The van der Waals surface area contributed by atoms with Crippen LogP contribution in [0.4, 0.5) is 0 Å². The Bertz CT molecular complexity index is 645. The standard InChI is InChI=1S/C15H23ClN2O4S/c1-11(2)22-9-5-8-17-15(19)13-10-12(6-7-14(13)16)23(20,21)18(3)4/h6-7,10-11H,5,8-9H2,1-4H3,(H,17,19). The molecule has 1 rings (SSSR count). The molecule has 1 amide bonds. The van der Waals surface area contributed by atoms with Gasteiger partial charge < -0.3 is 10.1 Å². The highest BCUT2D eigenvalue weighted by atomic mass is 35.5. The predicted octanol–water partition coefficient (Wildman–Crippen LogP) is 2.14. The first kappa shape index (κ1) is 19.9. The van der Waals surface area contributed by atoms with Crippen molar-refractivity contribution in [3.8, 4) is 0 Å². The maximum atomic E-state index is 12.2. The first-order valence-corrected chi connectivity index (χ1v) is 9.10. The molecular weight excluding hydrogens is 340 g/mol. The van der Waals surface area contributed by atoms with Gasteiger partial charge in [0, 0.05) is 27.2 Å². The van der Waals surface area contributed by atoms with Crippen LogP contribution >= 0.6 is 11.6 Å². The van der Waals surface area contributed by atoms with E-state index in [0.717, 1.165) is 4.31 Å². The van der Waals surface area contributed by atoms with Gasteiger partial charge >= 0.3 is 0 Å². The van der Waals surface area contributed by atoms with E-state index in [2.05, 4.69) is 5.32 Å². The van der Waals surface area contributed by atoms with Crippen molar-refractivity contribution in [3.63, 3.8) is 0 Å². The molecule has 0 aliphatic heterocycles. The number of amides is 1. The van der Waals surface area contributed by atoms with Gasteiger partial charge in [-0.2, -0.15) is 0 Å². The molecule has 0 aliphatic carbocycles. The minimum absolute atomic E-state index is 0.0280. The molecule has 1 aromatic carbocycles. The Labute approximate surface area is 142 Å². The normalized spacial score (nSPS) is 12.0. The third-order valence-corrected chi connectivity index (χ3v) is 5.16. The summed E-state index contributed by atoms with van der Waals surface area (Å²) in [5, 5.41) is 2.92. The fourth-order valence-corrected chi connectivity index (χ4v) is 2.87. The molecular formula is C15H23ClN2O4S. The van der Waals surface area contributed by atoms with Gasteiger partial charge in [0.25, 0.3) is 5.91 Å². The number of halogens is 1. The van der Waals surface area contributed by atoms with E-state index in [-0.39, 0.29) is 21.6 Å². The molecule has 0 unspecified atom stereocenters. The maximum absolute atomic E-state index is 12.2. The average molecular weight is 363 g/mol. The van der Waals surface area contributed by atoms with Crippen LogP contribution in [-0.2, 0) is 14.8 Å². The molecule has 0 aromatic heterocycles. The molecule has 8 heteroatoms. The number of nitrogens with one attached hydrogen (secondary N) is 1. The minimum Gasteiger partial charge on any atom is -0.379 e. The van der Waals surface area contributed by atoms with Crippen LogP contribution in [0, 0.1) is 0 Å². The van der Waals surface area contributed by atoms with Crippen molar-refractivity contribution in [2.75, 3.05) is 27.2 Å². The van der Waals surface area contributed by atoms with Gasteiger partial charge in [-0.15, -0.1) is 0 Å². The fourth-order valence-electron chi connectivity index (χ4n) is 1.74. The minimum atomic E-state index is -3.61. The molecule has 6 nitrogen and oxygen atoms in total. The van der Waals surface area contributed by atoms with E-state index in [1.165, 1.54) is 32.3 Å². The average Bonchev–Trinajstić information content (AvgIpc) is 2.46. The number of sulfonamides is 1. The zero-order valence-corrected chi connectivity index (χ0v) is 15.4. The maximum Gasteiger partial charge on any atom is 0.252 e. The lowest BCUT2D eigenvalue weighted by molar-refractivity contribution is 0.0757. The number of ether oxygens (including phenoxy) is 1. The van der Waals surface area contributed by atoms with Crippen LogP contribution in [0.25, 0.3) is 0 Å². The number of hydrogen-bond acceptors (Lipinski definition) is 4. The van der Waals surface area contributed by atoms with E-state index in [1.54, 1.807) is 0 Å². The van der Waals surface area contributed by atoms with Crippen molar-refractivity contribution in [3.05, 3.63) is 28.8 Å². The van der Waals surface area contributed by atoms with Crippen LogP contribution in [0.1, 0.15) is 30.6 Å². The topological polar surface area (TPSA) is 75.7 Å². The number of carbonyl (C=O) groups is 1. The summed E-state index contributed by atoms with van der Waals surface area (Å²) in [5.74, 6) is -0.407. The number of rotatable bonds is 8. The molecule has 130 valence electrons. The summed E-state index contributed by atoms with van der Waals surface area (Å²) in [6.07, 6.45) is 0.810. The molecule has 0 radical (unpaired) electrons. The number of hydrogen-bond donors (Lipinski definition) is 1. The van der Waals surface area contributed by atoms with Crippen LogP contribution in [0.5, 0.6) is 0 Å². The Morgan fingerprint density at radius 3 is 2.57 bits per heavy atom. The van der Waals surface area contributed by atoms with Gasteiger partial charge in [0.2, 0.25) is 10.0 Å². The van der Waals surface area contributed by atoms with Crippen LogP contribution < -0.4 is 5.32 Å². The highest BCUT2D eigenvalue weighted by Crippen LogP contribution is 2.22. The second kappa shape index (κ2) is 8.63. The SMILES string of the molecule is CC(C)OCCCNC(=O)c1cc(S(=O)(=O)N(C)C)ccc1Cl. The lowest BCUT2D eigenvalue weighted by atomic mass is 10.2. The first-order chi connectivity index (χ1) is 10.7. The monoisotopic (exact) mass is 362 g/mol. The molecule has 23 heavy (non-hydrogen) atoms. The molecule has 0 saturated carbocycles. The van der Waals surface area contributed by atoms with Crippen LogP contribution in [0.15, 0.2) is 23.1 Å². The van der Waals surface area contributed by atoms with Crippen molar-refractivity contribution in [2.24, 2.45) is 0 Å². The lowest BCUT2D eigenvalue weighted by Gasteiger charge is -2.13. The van der Waals surface area contributed by atoms with Gasteiger partial charge in [0.15, 0.2) is 0 Å². The Morgan fingerprint density at radius 1 is 1.35 bits per heavy atom. The Morgan fingerprint density at radius 2 is 2.00 bits per heavy atom. The Kier molecular flexibility index (Phi) is 7.47. The zero-order chi connectivity index (χ0) is 17.6. The summed E-state index contributed by atoms with van der Waals surface area (Å²) < 4.78 is 30.7. The number of carbonyl (C=O) groups excluding carboxylic acids is 1. The van der Waals surface area contributed by atoms with Gasteiger partial charge in [-0.05, 0) is 38.5 Å². The molecule has 1 aromatic rings.